The molecule has 1 amide bonds. The Kier molecular flexibility index (Phi) is 5.49. The summed E-state index contributed by atoms with van der Waals surface area (Å²) < 4.78 is 5.44. The summed E-state index contributed by atoms with van der Waals surface area (Å²) >= 11 is 6.34. The van der Waals surface area contributed by atoms with Gasteiger partial charge in [-0.3, -0.25) is 14.4 Å². The Morgan fingerprint density at radius 1 is 1.24 bits per heavy atom. The number of nitrogens with zero attached hydrogens (tertiary/aromatic N) is 1. The van der Waals surface area contributed by atoms with Gasteiger partial charge in [0.2, 0.25) is 5.78 Å². The van der Waals surface area contributed by atoms with E-state index in [0.717, 1.165) is 4.90 Å². The number of fused-ring (bicyclic) bond motifs is 2. The van der Waals surface area contributed by atoms with Crippen LogP contribution in [0.3, 0.4) is 0 Å². The van der Waals surface area contributed by atoms with Gasteiger partial charge < -0.3 is 19.8 Å². The first-order valence-electron chi connectivity index (χ1n) is 9.39. The van der Waals surface area contributed by atoms with Crippen LogP contribution < -0.4 is 0 Å². The molecule has 1 fully saturated rings. The quantitative estimate of drug-likeness (QED) is 0.726. The molecule has 1 heterocycles. The van der Waals surface area contributed by atoms with Crippen molar-refractivity contribution in [1.29, 1.82) is 0 Å². The predicted molar refractivity (Wildman–Crippen MR) is 106 cm³/mol. The maximum atomic E-state index is 13.4. The lowest BCUT2D eigenvalue weighted by atomic mass is 9.65. The number of carbonyl (C=O) groups excluding carboxylic acids is 2. The number of benzene rings is 1. The van der Waals surface area contributed by atoms with Crippen molar-refractivity contribution in [2.45, 2.75) is 44.6 Å². The van der Waals surface area contributed by atoms with E-state index in [1.54, 1.807) is 39.0 Å². The number of hydrogen-bond acceptors (Lipinski definition) is 5. The molecular weight excluding hydrogens is 398 g/mol. The van der Waals surface area contributed by atoms with Crippen molar-refractivity contribution < 1.29 is 29.3 Å². The van der Waals surface area contributed by atoms with Crippen molar-refractivity contribution >= 4 is 29.3 Å². The topological polar surface area (TPSA) is 104 Å². The monoisotopic (exact) mass is 421 g/mol. The van der Waals surface area contributed by atoms with E-state index in [2.05, 4.69) is 0 Å². The van der Waals surface area contributed by atoms with E-state index in [-0.39, 0.29) is 16.3 Å². The SMILES string of the molecule is CC(C)(C)N(CC(=O)O)C(=O)C1=C(O)C2(CCOCC2)c2cccc(Cl)c2C1=O. The van der Waals surface area contributed by atoms with Gasteiger partial charge >= 0.3 is 5.97 Å². The average molecular weight is 422 g/mol. The number of amides is 1. The summed E-state index contributed by atoms with van der Waals surface area (Å²) in [6.07, 6.45) is 0.759. The Hall–Kier alpha value is -2.38. The number of halogens is 1. The lowest BCUT2D eigenvalue weighted by Gasteiger charge is -2.43. The smallest absolute Gasteiger partial charge is 0.323 e. The van der Waals surface area contributed by atoms with Gasteiger partial charge in [0.1, 0.15) is 17.9 Å². The number of ketones is 1. The van der Waals surface area contributed by atoms with E-state index < -0.39 is 40.7 Å². The van der Waals surface area contributed by atoms with Gasteiger partial charge in [0.15, 0.2) is 0 Å². The maximum absolute atomic E-state index is 13.4. The summed E-state index contributed by atoms with van der Waals surface area (Å²) in [7, 11) is 0. The average Bonchev–Trinajstić information content (AvgIpc) is 2.64. The lowest BCUT2D eigenvalue weighted by Crippen LogP contribution is -2.51. The second-order valence-corrected chi connectivity index (χ2v) is 8.77. The van der Waals surface area contributed by atoms with Crippen LogP contribution in [-0.2, 0) is 19.7 Å². The van der Waals surface area contributed by atoms with Crippen LogP contribution in [0.5, 0.6) is 0 Å². The third kappa shape index (κ3) is 3.53. The fraction of sp³-hybridized carbons (Fsp3) is 0.476. The van der Waals surface area contributed by atoms with Crippen molar-refractivity contribution in [3.05, 3.63) is 45.7 Å². The minimum Gasteiger partial charge on any atom is -0.510 e. The highest BCUT2D eigenvalue weighted by Gasteiger charge is 2.50. The van der Waals surface area contributed by atoms with Crippen molar-refractivity contribution in [2.24, 2.45) is 0 Å². The van der Waals surface area contributed by atoms with Crippen LogP contribution in [-0.4, -0.2) is 58.1 Å². The van der Waals surface area contributed by atoms with Crippen LogP contribution in [0.1, 0.15) is 49.5 Å². The van der Waals surface area contributed by atoms with Crippen LogP contribution >= 0.6 is 11.6 Å². The molecule has 29 heavy (non-hydrogen) atoms. The fourth-order valence-electron chi connectivity index (χ4n) is 4.06. The molecule has 0 atom stereocenters. The van der Waals surface area contributed by atoms with Crippen molar-refractivity contribution in [3.8, 4) is 0 Å². The molecule has 0 bridgehead atoms. The largest absolute Gasteiger partial charge is 0.510 e. The summed E-state index contributed by atoms with van der Waals surface area (Å²) in [5, 5.41) is 20.7. The lowest BCUT2D eigenvalue weighted by molar-refractivity contribution is -0.146. The Balaban J connectivity index is 2.23. The van der Waals surface area contributed by atoms with E-state index in [1.165, 1.54) is 0 Å². The highest BCUT2D eigenvalue weighted by Crippen LogP contribution is 2.48. The number of aliphatic hydroxyl groups is 1. The molecule has 1 aromatic carbocycles. The molecule has 0 unspecified atom stereocenters. The summed E-state index contributed by atoms with van der Waals surface area (Å²) in [6, 6.07) is 5.01. The van der Waals surface area contributed by atoms with Gasteiger partial charge in [-0.1, -0.05) is 23.7 Å². The predicted octanol–water partition coefficient (Wildman–Crippen LogP) is 3.11. The normalized spacial score (nSPS) is 18.6. The van der Waals surface area contributed by atoms with Crippen molar-refractivity contribution in [2.75, 3.05) is 19.8 Å². The Morgan fingerprint density at radius 2 is 1.86 bits per heavy atom. The summed E-state index contributed by atoms with van der Waals surface area (Å²) in [4.78, 5) is 39.1. The number of carboxylic acids is 1. The molecule has 0 aromatic heterocycles. The second-order valence-electron chi connectivity index (χ2n) is 8.37. The third-order valence-electron chi connectivity index (χ3n) is 5.58. The van der Waals surface area contributed by atoms with Crippen LogP contribution in [0.15, 0.2) is 29.5 Å². The Morgan fingerprint density at radius 3 is 2.41 bits per heavy atom. The zero-order chi connectivity index (χ0) is 21.6. The zero-order valence-electron chi connectivity index (χ0n) is 16.6. The number of allylic oxidation sites excluding steroid dienone is 1. The third-order valence-corrected chi connectivity index (χ3v) is 5.90. The molecule has 1 spiro atoms. The number of aliphatic hydroxyl groups excluding tert-OH is 1. The maximum Gasteiger partial charge on any atom is 0.323 e. The van der Waals surface area contributed by atoms with Crippen molar-refractivity contribution in [1.82, 2.24) is 4.90 Å². The van der Waals surface area contributed by atoms with Gasteiger partial charge in [0.05, 0.1) is 10.4 Å². The summed E-state index contributed by atoms with van der Waals surface area (Å²) in [5.41, 5.74) is -1.51. The van der Waals surface area contributed by atoms with Gasteiger partial charge in [0.25, 0.3) is 5.91 Å². The highest BCUT2D eigenvalue weighted by atomic mass is 35.5. The summed E-state index contributed by atoms with van der Waals surface area (Å²) in [5.74, 6) is -3.05. The van der Waals surface area contributed by atoms with Crippen molar-refractivity contribution in [3.63, 3.8) is 0 Å². The van der Waals surface area contributed by atoms with Gasteiger partial charge in [-0.05, 0) is 45.2 Å². The number of Topliss-reactive ketones (excluding diaryl/α,β-unsaturated/α-hetero) is 1. The first kappa shape index (κ1) is 21.3. The van der Waals surface area contributed by atoms with Gasteiger partial charge in [0, 0.05) is 24.3 Å². The summed E-state index contributed by atoms with van der Waals surface area (Å²) in [6.45, 7) is 5.11. The van der Waals surface area contributed by atoms with E-state index in [0.29, 0.717) is 31.6 Å². The number of hydrogen-bond donors (Lipinski definition) is 2. The van der Waals surface area contributed by atoms with E-state index in [1.807, 2.05) is 0 Å². The van der Waals surface area contributed by atoms with Gasteiger partial charge in [-0.2, -0.15) is 0 Å². The van der Waals surface area contributed by atoms with E-state index in [9.17, 15) is 24.6 Å². The molecule has 3 rings (SSSR count). The minimum atomic E-state index is -1.21. The Bertz CT molecular complexity index is 908. The number of rotatable bonds is 3. The highest BCUT2D eigenvalue weighted by molar-refractivity contribution is 6.38. The molecule has 156 valence electrons. The second kappa shape index (κ2) is 7.46. The number of aliphatic carboxylic acids is 1. The standard InChI is InChI=1S/C21H24ClNO6/c1-20(2,3)23(11-14(24)25)19(28)16-17(26)15-12(5-4-6-13(15)22)21(18(16)27)7-9-29-10-8-21/h4-6,27H,7-11H2,1-3H3,(H,24,25). The number of carboxylic acid groups (broad SMARTS) is 1. The van der Waals surface area contributed by atoms with E-state index in [4.69, 9.17) is 16.3 Å². The first-order chi connectivity index (χ1) is 13.5. The molecule has 1 aliphatic carbocycles. The van der Waals surface area contributed by atoms with Crippen LogP contribution in [0.4, 0.5) is 0 Å². The van der Waals surface area contributed by atoms with Crippen LogP contribution in [0.25, 0.3) is 0 Å². The molecule has 0 saturated carbocycles. The molecular formula is C21H24ClNO6. The fourth-order valence-corrected chi connectivity index (χ4v) is 4.32. The van der Waals surface area contributed by atoms with Crippen LogP contribution in [0.2, 0.25) is 5.02 Å². The number of ether oxygens (including phenoxy) is 1. The number of carbonyl (C=O) groups is 3. The molecule has 8 heteroatoms. The Labute approximate surface area is 173 Å². The van der Waals surface area contributed by atoms with Gasteiger partial charge in [-0.15, -0.1) is 0 Å². The van der Waals surface area contributed by atoms with Gasteiger partial charge in [-0.25, -0.2) is 0 Å². The molecule has 1 saturated heterocycles. The molecule has 1 aromatic rings. The molecule has 7 nitrogen and oxygen atoms in total. The van der Waals surface area contributed by atoms with Crippen LogP contribution in [0, 0.1) is 0 Å². The first-order valence-corrected chi connectivity index (χ1v) is 9.77. The molecule has 2 N–H and O–H groups in total. The minimum absolute atomic E-state index is 0.182. The molecule has 0 radical (unpaired) electrons. The molecule has 1 aliphatic heterocycles. The zero-order valence-corrected chi connectivity index (χ0v) is 17.4. The van der Waals surface area contributed by atoms with E-state index >= 15 is 0 Å². The molecule has 2 aliphatic rings.